The Hall–Kier alpha value is -6.46. The average molecular weight is 886 g/mol. The maximum absolute atomic E-state index is 12.6. The molecule has 0 spiro atoms. The fourth-order valence-electron chi connectivity index (χ4n) is 8.50. The molecule has 5 aromatic rings. The number of fused-ring (bicyclic) bond motifs is 3. The van der Waals surface area contributed by atoms with Gasteiger partial charge in [-0.25, -0.2) is 19.6 Å². The molecule has 1 aliphatic carbocycles. The molecule has 0 amide bonds. The normalized spacial score (nSPS) is 14.4. The van der Waals surface area contributed by atoms with Crippen molar-refractivity contribution < 1.29 is 28.9 Å². The van der Waals surface area contributed by atoms with Crippen molar-refractivity contribution in [2.45, 2.75) is 45.6 Å². The van der Waals surface area contributed by atoms with Gasteiger partial charge in [0.1, 0.15) is 34.2 Å². The quantitative estimate of drug-likeness (QED) is 0.0318. The molecule has 1 atom stereocenters. The van der Waals surface area contributed by atoms with Crippen molar-refractivity contribution in [2.24, 2.45) is 5.92 Å². The number of nitrogen functional groups attached to an aromatic ring is 1. The Morgan fingerprint density at radius 3 is 2.67 bits per heavy atom. The highest BCUT2D eigenvalue weighted by Gasteiger charge is 2.23. The number of likely N-dealkylation sites (tertiary alicyclic amines) is 1. The number of aromatic hydroxyl groups is 1. The molecule has 6 N–H and O–H groups in total. The molecule has 1 fully saturated rings. The van der Waals surface area contributed by atoms with E-state index in [9.17, 15) is 24.6 Å². The van der Waals surface area contributed by atoms with Crippen LogP contribution in [-0.4, -0.2) is 98.1 Å². The molecule has 332 valence electrons. The minimum Gasteiger partial charge on any atom is -0.508 e. The van der Waals surface area contributed by atoms with Gasteiger partial charge in [0.15, 0.2) is 5.43 Å². The summed E-state index contributed by atoms with van der Waals surface area (Å²) in [5.74, 6) is 0.757. The van der Waals surface area contributed by atoms with Crippen LogP contribution in [0.5, 0.6) is 5.75 Å². The lowest BCUT2D eigenvalue weighted by Gasteiger charge is -2.32. The van der Waals surface area contributed by atoms with Crippen molar-refractivity contribution in [2.75, 3.05) is 63.7 Å². The Balaban J connectivity index is 0.727. The third-order valence-corrected chi connectivity index (χ3v) is 11.9. The van der Waals surface area contributed by atoms with Gasteiger partial charge in [-0.2, -0.15) is 0 Å². The van der Waals surface area contributed by atoms with E-state index >= 15 is 0 Å². The smallest absolute Gasteiger partial charge is 0.336 e. The highest BCUT2D eigenvalue weighted by molar-refractivity contribution is 7.80. The van der Waals surface area contributed by atoms with Crippen molar-refractivity contribution in [1.82, 2.24) is 24.4 Å². The zero-order chi connectivity index (χ0) is 44.7. The number of aromatic carboxylic acids is 1. The molecular formula is C48H51N7O8S. The zero-order valence-corrected chi connectivity index (χ0v) is 36.4. The van der Waals surface area contributed by atoms with Gasteiger partial charge < -0.3 is 45.0 Å². The number of benzene rings is 3. The largest absolute Gasteiger partial charge is 0.508 e. The van der Waals surface area contributed by atoms with E-state index in [1.54, 1.807) is 35.0 Å². The molecule has 3 aromatic heterocycles. The third-order valence-electron chi connectivity index (χ3n) is 11.6. The molecule has 0 bridgehead atoms. The second-order valence-corrected chi connectivity index (χ2v) is 16.9. The highest BCUT2D eigenvalue weighted by atomic mass is 32.1. The first kappa shape index (κ1) is 44.2. The van der Waals surface area contributed by atoms with E-state index in [2.05, 4.69) is 25.2 Å². The van der Waals surface area contributed by atoms with E-state index in [-0.39, 0.29) is 22.4 Å². The fourth-order valence-corrected chi connectivity index (χ4v) is 8.81. The van der Waals surface area contributed by atoms with Gasteiger partial charge in [0.2, 0.25) is 0 Å². The van der Waals surface area contributed by atoms with Gasteiger partial charge in [-0.1, -0.05) is 30.4 Å². The van der Waals surface area contributed by atoms with Crippen molar-refractivity contribution in [3.63, 3.8) is 0 Å². The number of hydrogen-bond acceptors (Lipinski definition) is 13. The third kappa shape index (κ3) is 10.5. The number of phenols is 1. The number of carboxylic acid groups (broad SMARTS) is 1. The number of imidazole rings is 1. The first-order valence-electron chi connectivity index (χ1n) is 21.5. The number of nitrogens with two attached hydrogens (primary N) is 1. The molecule has 15 nitrogen and oxygen atoms in total. The highest BCUT2D eigenvalue weighted by Crippen LogP contribution is 2.42. The van der Waals surface area contributed by atoms with Crippen LogP contribution in [0.1, 0.15) is 52.9 Å². The second kappa shape index (κ2) is 19.9. The SMILES string of the molecule is Cc1cc2c([nH]c(=O)n2Cc2ccc(NCCN3CCCC(COCCOCCCC(=S)Cc4ccc(-c5c6ccc(=O)cc-6oc6cc(O)ccc56)c(C(=O)O)c4)C3)nc2)c(N)n1. The predicted octanol–water partition coefficient (Wildman–Crippen LogP) is 6.89. The molecule has 1 unspecified atom stereocenters. The number of nitrogens with zero attached hydrogens (tertiary/aromatic N) is 4. The van der Waals surface area contributed by atoms with Crippen molar-refractivity contribution >= 4 is 56.7 Å². The van der Waals surface area contributed by atoms with Crippen LogP contribution in [0.3, 0.4) is 0 Å². The van der Waals surface area contributed by atoms with Crippen molar-refractivity contribution in [3.8, 4) is 28.2 Å². The number of pyridine rings is 2. The van der Waals surface area contributed by atoms with E-state index in [1.807, 2.05) is 31.2 Å². The Morgan fingerprint density at radius 1 is 1.02 bits per heavy atom. The molecule has 1 saturated heterocycles. The van der Waals surface area contributed by atoms with Crippen LogP contribution in [0.4, 0.5) is 11.6 Å². The maximum atomic E-state index is 12.6. The molecule has 0 radical (unpaired) electrons. The van der Waals surface area contributed by atoms with Crippen LogP contribution < -0.4 is 22.2 Å². The number of phenolic OH excluding ortho intramolecular Hbond substituents is 1. The molecule has 0 saturated carbocycles. The van der Waals surface area contributed by atoms with E-state index in [0.29, 0.717) is 96.5 Å². The van der Waals surface area contributed by atoms with E-state index in [0.717, 1.165) is 78.5 Å². The van der Waals surface area contributed by atoms with Gasteiger partial charge in [-0.05, 0) is 109 Å². The lowest BCUT2D eigenvalue weighted by Crippen LogP contribution is -2.39. The lowest BCUT2D eigenvalue weighted by atomic mass is 9.89. The number of aromatic nitrogens is 4. The van der Waals surface area contributed by atoms with Crippen LogP contribution in [0.2, 0.25) is 0 Å². The number of rotatable bonds is 19. The van der Waals surface area contributed by atoms with Crippen LogP contribution in [0, 0.1) is 12.8 Å². The number of piperidine rings is 1. The van der Waals surface area contributed by atoms with Gasteiger partial charge in [0.25, 0.3) is 0 Å². The predicted molar refractivity (Wildman–Crippen MR) is 251 cm³/mol. The summed E-state index contributed by atoms with van der Waals surface area (Å²) in [5.41, 5.74) is 11.3. The summed E-state index contributed by atoms with van der Waals surface area (Å²) in [6.45, 7) is 8.17. The molecular weight excluding hydrogens is 835 g/mol. The number of thiocarbonyl (C=S) groups is 1. The Bertz CT molecular complexity index is 2890. The summed E-state index contributed by atoms with van der Waals surface area (Å²) in [6, 6.07) is 20.1. The molecule has 3 aliphatic rings. The molecule has 64 heavy (non-hydrogen) atoms. The first-order chi connectivity index (χ1) is 31.0. The summed E-state index contributed by atoms with van der Waals surface area (Å²) < 4.78 is 19.4. The number of aryl methyl sites for hydroxylation is 1. The summed E-state index contributed by atoms with van der Waals surface area (Å²) in [4.78, 5) is 52.3. The summed E-state index contributed by atoms with van der Waals surface area (Å²) in [5, 5.41) is 24.4. The van der Waals surface area contributed by atoms with Gasteiger partial charge in [-0.3, -0.25) is 9.36 Å². The van der Waals surface area contributed by atoms with E-state index in [4.69, 9.17) is 31.8 Å². The summed E-state index contributed by atoms with van der Waals surface area (Å²) in [6.07, 6.45) is 5.90. The van der Waals surface area contributed by atoms with Crippen molar-refractivity contribution in [1.29, 1.82) is 0 Å². The summed E-state index contributed by atoms with van der Waals surface area (Å²) >= 11 is 5.70. The number of carboxylic acids is 1. The number of H-pyrrole nitrogens is 1. The van der Waals surface area contributed by atoms with Crippen LogP contribution >= 0.6 is 12.2 Å². The van der Waals surface area contributed by atoms with Crippen LogP contribution in [-0.2, 0) is 22.4 Å². The number of carbonyl (C=O) groups is 1. The maximum Gasteiger partial charge on any atom is 0.336 e. The van der Waals surface area contributed by atoms with E-state index < -0.39 is 5.97 Å². The molecule has 2 aromatic carbocycles. The van der Waals surface area contributed by atoms with Gasteiger partial charge >= 0.3 is 11.7 Å². The topological polar surface area (TPSA) is 211 Å². The minimum atomic E-state index is -1.09. The Kier molecular flexibility index (Phi) is 13.8. The minimum absolute atomic E-state index is 0.00917. The Morgan fingerprint density at radius 2 is 1.84 bits per heavy atom. The van der Waals surface area contributed by atoms with Gasteiger partial charge in [-0.15, -0.1) is 0 Å². The lowest BCUT2D eigenvalue weighted by molar-refractivity contribution is 0.0188. The number of ether oxygens (including phenoxy) is 2. The molecule has 2 aliphatic heterocycles. The van der Waals surface area contributed by atoms with Crippen LogP contribution in [0.15, 0.2) is 93.0 Å². The zero-order valence-electron chi connectivity index (χ0n) is 35.6. The standard InChI is InChI=1S/C48H51N7O8S/c1-29-20-40-45(46(49)52-29)53-48(60)55(40)27-31-7-13-43(51-25-31)50-14-16-54-15-2-4-32(26-54)28-62-19-18-61-17-3-5-35(64)21-30-6-10-36(39(22-30)47(58)59)44-37-11-8-33(56)23-41(37)63-42-24-34(57)9-12-38(42)44/h6-13,20,22-25,32,56H,2-5,14-19,21,26-28H2,1H3,(H2,49,52)(H,50,51)(H,53,60)(H,58,59). The van der Waals surface area contributed by atoms with Crippen molar-refractivity contribution in [3.05, 3.63) is 122 Å². The average Bonchev–Trinajstić information content (AvgIpc) is 3.58. The second-order valence-electron chi connectivity index (χ2n) is 16.4. The number of aromatic amines is 1. The Labute approximate surface area is 374 Å². The number of hydrogen-bond donors (Lipinski definition) is 5. The number of nitrogens with one attached hydrogen (secondary N) is 2. The van der Waals surface area contributed by atoms with Gasteiger partial charge in [0.05, 0.1) is 37.4 Å². The number of anilines is 2. The van der Waals surface area contributed by atoms with Gasteiger partial charge in [0, 0.05) is 73.2 Å². The molecule has 16 heteroatoms. The fraction of sp³-hybridized carbons (Fsp3) is 0.333. The first-order valence-corrected chi connectivity index (χ1v) is 21.9. The monoisotopic (exact) mass is 885 g/mol. The molecule has 8 rings (SSSR count). The molecule has 5 heterocycles. The van der Waals surface area contributed by atoms with E-state index in [1.165, 1.54) is 24.3 Å². The van der Waals surface area contributed by atoms with Crippen LogP contribution in [0.25, 0.3) is 44.5 Å². The summed E-state index contributed by atoms with van der Waals surface area (Å²) in [7, 11) is 0.